The lowest BCUT2D eigenvalue weighted by atomic mass is 10.1. The number of rotatable bonds is 3. The minimum Gasteiger partial charge on any atom is -0.472 e. The number of furan rings is 1. The molecule has 22 heavy (non-hydrogen) atoms. The van der Waals surface area contributed by atoms with Crippen molar-refractivity contribution in [1.82, 2.24) is 10.2 Å². The Hall–Kier alpha value is -2.17. The molecule has 1 aromatic carbocycles. The van der Waals surface area contributed by atoms with Crippen molar-refractivity contribution in [3.63, 3.8) is 0 Å². The molecule has 3 heterocycles. The van der Waals surface area contributed by atoms with Crippen LogP contribution in [0.2, 0.25) is 5.02 Å². The van der Waals surface area contributed by atoms with E-state index < -0.39 is 0 Å². The van der Waals surface area contributed by atoms with Gasteiger partial charge in [-0.25, -0.2) is 0 Å². The van der Waals surface area contributed by atoms with E-state index in [4.69, 9.17) is 16.0 Å². The molecule has 0 atom stereocenters. The van der Waals surface area contributed by atoms with Gasteiger partial charge in [-0.05, 0) is 35.4 Å². The summed E-state index contributed by atoms with van der Waals surface area (Å²) in [7, 11) is 0. The smallest absolute Gasteiger partial charge is 0.0938 e. The van der Waals surface area contributed by atoms with Crippen molar-refractivity contribution < 1.29 is 4.42 Å². The Balaban J connectivity index is 1.78. The van der Waals surface area contributed by atoms with E-state index in [9.17, 15) is 0 Å². The number of halogens is 1. The number of hydrogen-bond acceptors (Lipinski definition) is 4. The van der Waals surface area contributed by atoms with Gasteiger partial charge in [0.25, 0.3) is 0 Å². The zero-order valence-corrected chi connectivity index (χ0v) is 13.1. The van der Waals surface area contributed by atoms with Gasteiger partial charge in [-0.2, -0.15) is 10.2 Å². The van der Waals surface area contributed by atoms with Crippen LogP contribution in [-0.4, -0.2) is 10.2 Å². The van der Waals surface area contributed by atoms with Crippen LogP contribution in [0.4, 0.5) is 0 Å². The first-order valence-corrected chi connectivity index (χ1v) is 8.00. The van der Waals surface area contributed by atoms with E-state index in [-0.39, 0.29) is 0 Å². The lowest BCUT2D eigenvalue weighted by molar-refractivity contribution is 0.564. The van der Waals surface area contributed by atoms with E-state index in [1.54, 1.807) is 23.9 Å². The molecule has 108 valence electrons. The third kappa shape index (κ3) is 2.51. The van der Waals surface area contributed by atoms with Gasteiger partial charge >= 0.3 is 0 Å². The van der Waals surface area contributed by atoms with Crippen molar-refractivity contribution in [3.8, 4) is 10.4 Å². The zero-order chi connectivity index (χ0) is 14.9. The SMILES string of the molecule is Clc1ccc(-c2cc3c(Cc4ccoc4)nncc3s2)cc1. The Labute approximate surface area is 136 Å². The fraction of sp³-hybridized carbons (Fsp3) is 0.0588. The monoisotopic (exact) mass is 326 g/mol. The zero-order valence-electron chi connectivity index (χ0n) is 11.5. The van der Waals surface area contributed by atoms with Crippen molar-refractivity contribution >= 4 is 33.0 Å². The van der Waals surface area contributed by atoms with E-state index in [0.29, 0.717) is 0 Å². The molecule has 5 heteroatoms. The van der Waals surface area contributed by atoms with Crippen LogP contribution in [0.25, 0.3) is 20.5 Å². The van der Waals surface area contributed by atoms with Crippen LogP contribution in [-0.2, 0) is 6.42 Å². The first kappa shape index (κ1) is 13.5. The van der Waals surface area contributed by atoms with Gasteiger partial charge in [-0.1, -0.05) is 23.7 Å². The lowest BCUT2D eigenvalue weighted by Crippen LogP contribution is -1.93. The van der Waals surface area contributed by atoms with Crippen LogP contribution >= 0.6 is 22.9 Å². The highest BCUT2D eigenvalue weighted by atomic mass is 35.5. The summed E-state index contributed by atoms with van der Waals surface area (Å²) in [6, 6.07) is 12.0. The van der Waals surface area contributed by atoms with Crippen LogP contribution in [0.5, 0.6) is 0 Å². The topological polar surface area (TPSA) is 38.9 Å². The van der Waals surface area contributed by atoms with Gasteiger partial charge in [0, 0.05) is 21.7 Å². The molecule has 0 aliphatic heterocycles. The van der Waals surface area contributed by atoms with Gasteiger partial charge < -0.3 is 4.42 Å². The first-order valence-electron chi connectivity index (χ1n) is 6.81. The fourth-order valence-corrected chi connectivity index (χ4v) is 3.59. The number of hydrogen-bond donors (Lipinski definition) is 0. The molecule has 4 rings (SSSR count). The maximum absolute atomic E-state index is 5.96. The van der Waals surface area contributed by atoms with E-state index in [2.05, 4.69) is 16.3 Å². The average Bonchev–Trinajstić information content (AvgIpc) is 3.17. The molecule has 3 aromatic heterocycles. The van der Waals surface area contributed by atoms with E-state index >= 15 is 0 Å². The largest absolute Gasteiger partial charge is 0.472 e. The molecule has 0 saturated carbocycles. The Bertz CT molecular complexity index is 914. The third-order valence-electron chi connectivity index (χ3n) is 3.51. The van der Waals surface area contributed by atoms with E-state index in [1.165, 1.54) is 4.88 Å². The molecule has 0 aliphatic rings. The fourth-order valence-electron chi connectivity index (χ4n) is 2.40. The number of thiophene rings is 1. The Morgan fingerprint density at radius 3 is 2.77 bits per heavy atom. The summed E-state index contributed by atoms with van der Waals surface area (Å²) in [5.74, 6) is 0. The predicted molar refractivity (Wildman–Crippen MR) is 89.4 cm³/mol. The molecule has 0 amide bonds. The molecule has 0 radical (unpaired) electrons. The van der Waals surface area contributed by atoms with Crippen molar-refractivity contribution in [2.45, 2.75) is 6.42 Å². The molecule has 0 spiro atoms. The molecule has 0 N–H and O–H groups in total. The molecule has 0 unspecified atom stereocenters. The van der Waals surface area contributed by atoms with E-state index in [1.807, 2.05) is 36.5 Å². The number of fused-ring (bicyclic) bond motifs is 1. The number of nitrogens with zero attached hydrogens (tertiary/aromatic N) is 2. The summed E-state index contributed by atoms with van der Waals surface area (Å²) >= 11 is 7.67. The molecule has 0 fully saturated rings. The average molecular weight is 327 g/mol. The van der Waals surface area contributed by atoms with Crippen LogP contribution in [0.3, 0.4) is 0 Å². The van der Waals surface area contributed by atoms with Crippen LogP contribution in [0.1, 0.15) is 11.3 Å². The second kappa shape index (κ2) is 5.55. The van der Waals surface area contributed by atoms with Crippen molar-refractivity contribution in [2.75, 3.05) is 0 Å². The van der Waals surface area contributed by atoms with Crippen molar-refractivity contribution in [1.29, 1.82) is 0 Å². The van der Waals surface area contributed by atoms with Gasteiger partial charge in [-0.15, -0.1) is 11.3 Å². The normalized spacial score (nSPS) is 11.1. The summed E-state index contributed by atoms with van der Waals surface area (Å²) in [4.78, 5) is 1.19. The standard InChI is InChI=1S/C17H11ClN2OS/c18-13-3-1-12(2-4-13)16-8-14-15(7-11-5-6-21-10-11)20-19-9-17(14)22-16/h1-6,8-10H,7H2. The molecular weight excluding hydrogens is 316 g/mol. The van der Waals surface area contributed by atoms with E-state index in [0.717, 1.165) is 38.4 Å². The molecular formula is C17H11ClN2OS. The van der Waals surface area contributed by atoms with Crippen LogP contribution in [0.15, 0.2) is 59.5 Å². The van der Waals surface area contributed by atoms with Crippen molar-refractivity contribution in [3.05, 3.63) is 71.4 Å². The Morgan fingerprint density at radius 2 is 2.00 bits per heavy atom. The lowest BCUT2D eigenvalue weighted by Gasteiger charge is -1.98. The maximum atomic E-state index is 5.96. The summed E-state index contributed by atoms with van der Waals surface area (Å²) in [5, 5.41) is 10.3. The minimum absolute atomic E-state index is 0.720. The van der Waals surface area contributed by atoms with Gasteiger partial charge in [0.2, 0.25) is 0 Å². The Kier molecular flexibility index (Phi) is 3.41. The first-order chi connectivity index (χ1) is 10.8. The highest BCUT2D eigenvalue weighted by molar-refractivity contribution is 7.22. The summed E-state index contributed by atoms with van der Waals surface area (Å²) in [6.07, 6.45) is 5.96. The molecule has 4 aromatic rings. The molecule has 0 aliphatic carbocycles. The second-order valence-corrected chi connectivity index (χ2v) is 6.52. The summed E-state index contributed by atoms with van der Waals surface area (Å²) in [6.45, 7) is 0. The predicted octanol–water partition coefficient (Wildman–Crippen LogP) is 5.20. The molecule has 0 bridgehead atoms. The van der Waals surface area contributed by atoms with Crippen molar-refractivity contribution in [2.24, 2.45) is 0 Å². The van der Waals surface area contributed by atoms with Gasteiger partial charge in [0.1, 0.15) is 0 Å². The van der Waals surface area contributed by atoms with Gasteiger partial charge in [0.05, 0.1) is 29.1 Å². The Morgan fingerprint density at radius 1 is 1.14 bits per heavy atom. The van der Waals surface area contributed by atoms with Crippen LogP contribution < -0.4 is 0 Å². The molecule has 3 nitrogen and oxygen atoms in total. The number of benzene rings is 1. The highest BCUT2D eigenvalue weighted by Gasteiger charge is 2.11. The quantitative estimate of drug-likeness (QED) is 0.519. The third-order valence-corrected chi connectivity index (χ3v) is 4.88. The minimum atomic E-state index is 0.720. The summed E-state index contributed by atoms with van der Waals surface area (Å²) in [5.41, 5.74) is 3.22. The maximum Gasteiger partial charge on any atom is 0.0938 e. The second-order valence-electron chi connectivity index (χ2n) is 5.00. The highest BCUT2D eigenvalue weighted by Crippen LogP contribution is 2.35. The van der Waals surface area contributed by atoms with Gasteiger partial charge in [0.15, 0.2) is 0 Å². The van der Waals surface area contributed by atoms with Crippen LogP contribution in [0, 0.1) is 0 Å². The summed E-state index contributed by atoms with van der Waals surface area (Å²) < 4.78 is 6.26. The van der Waals surface area contributed by atoms with Gasteiger partial charge in [-0.3, -0.25) is 0 Å². The molecule has 0 saturated heterocycles. The number of aromatic nitrogens is 2.